The van der Waals surface area contributed by atoms with E-state index in [-0.39, 0.29) is 13.0 Å². The molecule has 0 amide bonds. The van der Waals surface area contributed by atoms with Gasteiger partial charge >= 0.3 is 13.8 Å². The molecule has 6 atom stereocenters. The van der Waals surface area contributed by atoms with E-state index >= 15 is 0 Å². The van der Waals surface area contributed by atoms with Gasteiger partial charge in [-0.2, -0.15) is 0 Å². The van der Waals surface area contributed by atoms with Crippen molar-refractivity contribution in [1.29, 1.82) is 0 Å². The number of rotatable bonds is 36. The van der Waals surface area contributed by atoms with Gasteiger partial charge in [0.05, 0.1) is 13.2 Å². The lowest BCUT2D eigenvalue weighted by Gasteiger charge is -2.41. The van der Waals surface area contributed by atoms with Crippen LogP contribution in [0.4, 0.5) is 0 Å². The number of allylic oxidation sites excluding steroid dienone is 10. The molecule has 12 nitrogen and oxygen atoms in total. The van der Waals surface area contributed by atoms with Crippen LogP contribution in [0.1, 0.15) is 155 Å². The van der Waals surface area contributed by atoms with E-state index in [1.54, 1.807) is 0 Å². The van der Waals surface area contributed by atoms with Crippen LogP contribution in [-0.2, 0) is 27.9 Å². The number of aliphatic hydroxyl groups is 5. The van der Waals surface area contributed by atoms with Gasteiger partial charge in [-0.05, 0) is 57.8 Å². The highest BCUT2D eigenvalue weighted by Gasteiger charge is 2.51. The van der Waals surface area contributed by atoms with Crippen LogP contribution in [-0.4, -0.2) is 98.9 Å². The Morgan fingerprint density at radius 1 is 0.569 bits per heavy atom. The minimum atomic E-state index is -5.02. The van der Waals surface area contributed by atoms with Gasteiger partial charge in [-0.1, -0.05) is 152 Å². The number of phosphoric ester groups is 1. The van der Waals surface area contributed by atoms with E-state index in [1.807, 2.05) is 0 Å². The van der Waals surface area contributed by atoms with Crippen LogP contribution >= 0.6 is 7.82 Å². The quantitative estimate of drug-likeness (QED) is 0.0153. The molecule has 1 saturated carbocycles. The molecular weight excluding hydrogens is 763 g/mol. The normalized spacial score (nSPS) is 23.2. The Balaban J connectivity index is 2.40. The molecule has 0 aromatic rings. The Labute approximate surface area is 349 Å². The zero-order valence-corrected chi connectivity index (χ0v) is 36.5. The summed E-state index contributed by atoms with van der Waals surface area (Å²) < 4.78 is 34.1. The van der Waals surface area contributed by atoms with Crippen molar-refractivity contribution >= 4 is 13.8 Å². The molecule has 0 aromatic heterocycles. The van der Waals surface area contributed by atoms with Gasteiger partial charge in [0.1, 0.15) is 42.7 Å². The third kappa shape index (κ3) is 27.7. The van der Waals surface area contributed by atoms with Gasteiger partial charge in [0.15, 0.2) is 0 Å². The van der Waals surface area contributed by atoms with E-state index in [2.05, 4.69) is 74.6 Å². The van der Waals surface area contributed by atoms with Crippen LogP contribution in [0, 0.1) is 0 Å². The summed E-state index contributed by atoms with van der Waals surface area (Å²) in [5.41, 5.74) is 0. The van der Waals surface area contributed by atoms with Crippen LogP contribution in [0.2, 0.25) is 0 Å². The Morgan fingerprint density at radius 3 is 1.55 bits per heavy atom. The fourth-order valence-corrected chi connectivity index (χ4v) is 7.35. The van der Waals surface area contributed by atoms with Gasteiger partial charge in [-0.25, -0.2) is 4.57 Å². The number of unbranched alkanes of at least 4 members (excludes halogenated alkanes) is 14. The molecule has 336 valence electrons. The van der Waals surface area contributed by atoms with Crippen molar-refractivity contribution in [2.45, 2.75) is 198 Å². The smallest absolute Gasteiger partial charge is 0.457 e. The predicted octanol–water partition coefficient (Wildman–Crippen LogP) is 8.64. The molecule has 0 radical (unpaired) electrons. The highest BCUT2D eigenvalue weighted by atomic mass is 31.2. The molecule has 1 fully saturated rings. The van der Waals surface area contributed by atoms with Crippen molar-refractivity contribution in [2.75, 3.05) is 19.8 Å². The van der Waals surface area contributed by atoms with Crippen LogP contribution in [0.15, 0.2) is 60.8 Å². The van der Waals surface area contributed by atoms with Gasteiger partial charge in [-0.3, -0.25) is 13.8 Å². The number of ether oxygens (including phenoxy) is 2. The van der Waals surface area contributed by atoms with Crippen molar-refractivity contribution in [3.05, 3.63) is 60.8 Å². The molecule has 1 rings (SSSR count). The molecule has 6 unspecified atom stereocenters. The van der Waals surface area contributed by atoms with Gasteiger partial charge in [0.25, 0.3) is 0 Å². The fraction of sp³-hybridized carbons (Fsp3) is 0.756. The van der Waals surface area contributed by atoms with Gasteiger partial charge in [0, 0.05) is 13.0 Å². The van der Waals surface area contributed by atoms with Crippen LogP contribution in [0.25, 0.3) is 0 Å². The minimum Gasteiger partial charge on any atom is -0.457 e. The predicted molar refractivity (Wildman–Crippen MR) is 230 cm³/mol. The summed E-state index contributed by atoms with van der Waals surface area (Å²) >= 11 is 0. The lowest BCUT2D eigenvalue weighted by Crippen LogP contribution is -2.64. The Kier molecular flexibility index (Phi) is 33.3. The number of hydrogen-bond donors (Lipinski definition) is 6. The highest BCUT2D eigenvalue weighted by molar-refractivity contribution is 7.47. The standard InChI is InChI=1S/C45H79O12P/c1-3-5-7-9-11-13-15-16-17-18-19-20-21-22-23-24-25-26-28-30-32-34-39(46)56-38(36-54-35-33-31-29-27-14-12-10-8-6-4-2)37-55-58(52,53)57-45-43(50)41(48)40(47)42(49)44(45)51/h5,7,11,13,16-17,19-20,22-23,38,40-45,47-51H,3-4,6,8-10,12,14-15,18,21,24-37H2,1-2H3,(H,52,53)/b7-5-,13-11-,17-16-,20-19-,23-22-. The van der Waals surface area contributed by atoms with E-state index < -0.39 is 63.1 Å². The molecule has 0 spiro atoms. The molecule has 0 heterocycles. The van der Waals surface area contributed by atoms with E-state index in [4.69, 9.17) is 18.5 Å². The van der Waals surface area contributed by atoms with Crippen molar-refractivity contribution < 1.29 is 58.3 Å². The molecular formula is C45H79O12P. The van der Waals surface area contributed by atoms with Crippen molar-refractivity contribution in [2.24, 2.45) is 0 Å². The van der Waals surface area contributed by atoms with Crippen molar-refractivity contribution in [3.63, 3.8) is 0 Å². The largest absolute Gasteiger partial charge is 0.472 e. The third-order valence-corrected chi connectivity index (χ3v) is 10.9. The zero-order chi connectivity index (χ0) is 42.7. The first-order chi connectivity index (χ1) is 28.0. The average molecular weight is 843 g/mol. The van der Waals surface area contributed by atoms with E-state index in [1.165, 1.54) is 44.9 Å². The first-order valence-corrected chi connectivity index (χ1v) is 23.6. The van der Waals surface area contributed by atoms with Gasteiger partial charge in [0.2, 0.25) is 0 Å². The lowest BCUT2D eigenvalue weighted by molar-refractivity contribution is -0.220. The molecule has 1 aliphatic carbocycles. The summed E-state index contributed by atoms with van der Waals surface area (Å²) in [6.45, 7) is 4.09. The second-order valence-electron chi connectivity index (χ2n) is 15.2. The molecule has 0 aliphatic heterocycles. The topological polar surface area (TPSA) is 192 Å². The number of hydrogen-bond acceptors (Lipinski definition) is 11. The maximum atomic E-state index is 12.8. The van der Waals surface area contributed by atoms with Crippen molar-refractivity contribution in [3.8, 4) is 0 Å². The Hall–Kier alpha value is -1.96. The maximum absolute atomic E-state index is 12.8. The monoisotopic (exact) mass is 843 g/mol. The number of aliphatic hydroxyl groups excluding tert-OH is 5. The zero-order valence-electron chi connectivity index (χ0n) is 35.6. The van der Waals surface area contributed by atoms with Crippen molar-refractivity contribution in [1.82, 2.24) is 0 Å². The van der Waals surface area contributed by atoms with E-state index in [0.29, 0.717) is 13.0 Å². The van der Waals surface area contributed by atoms with Crippen LogP contribution < -0.4 is 0 Å². The molecule has 0 aromatic carbocycles. The summed E-state index contributed by atoms with van der Waals surface area (Å²) in [5.74, 6) is -0.498. The van der Waals surface area contributed by atoms with Gasteiger partial charge in [-0.15, -0.1) is 0 Å². The highest BCUT2D eigenvalue weighted by Crippen LogP contribution is 2.47. The molecule has 13 heteroatoms. The van der Waals surface area contributed by atoms with Crippen LogP contribution in [0.5, 0.6) is 0 Å². The first kappa shape index (κ1) is 54.1. The summed E-state index contributed by atoms with van der Waals surface area (Å²) in [6.07, 6.45) is 31.5. The molecule has 0 bridgehead atoms. The number of phosphoric acid groups is 1. The summed E-state index contributed by atoms with van der Waals surface area (Å²) in [6, 6.07) is 0. The van der Waals surface area contributed by atoms with Gasteiger partial charge < -0.3 is 39.9 Å². The fourth-order valence-electron chi connectivity index (χ4n) is 6.38. The lowest BCUT2D eigenvalue weighted by atomic mass is 9.85. The van der Waals surface area contributed by atoms with Crippen LogP contribution in [0.3, 0.4) is 0 Å². The van der Waals surface area contributed by atoms with E-state index in [0.717, 1.165) is 83.5 Å². The summed E-state index contributed by atoms with van der Waals surface area (Å²) in [5, 5.41) is 50.1. The van der Waals surface area contributed by atoms with E-state index in [9.17, 15) is 39.8 Å². The molecule has 0 saturated heterocycles. The Morgan fingerprint density at radius 2 is 1.02 bits per heavy atom. The Bertz CT molecular complexity index is 1190. The molecule has 6 N–H and O–H groups in total. The minimum absolute atomic E-state index is 0.0860. The molecule has 1 aliphatic rings. The summed E-state index contributed by atoms with van der Waals surface area (Å²) in [4.78, 5) is 23.1. The second kappa shape index (κ2) is 35.8. The second-order valence-corrected chi connectivity index (χ2v) is 16.6. The number of esters is 1. The number of carbonyl (C=O) groups is 1. The SMILES string of the molecule is CC/C=C\C/C=C\C/C=C\C/C=C\C/C=C\CCCCCCCC(=O)OC(COCCCCCCCCCCCC)COP(=O)(O)OC1C(O)C(O)C(O)C(O)C1O. The molecule has 58 heavy (non-hydrogen) atoms. The maximum Gasteiger partial charge on any atom is 0.472 e. The summed E-state index contributed by atoms with van der Waals surface area (Å²) in [7, 11) is -5.02. The first-order valence-electron chi connectivity index (χ1n) is 22.1. The average Bonchev–Trinajstić information content (AvgIpc) is 3.21. The third-order valence-electron chi connectivity index (χ3n) is 9.90. The number of carbonyl (C=O) groups excluding carboxylic acids is 1.